The molecule has 0 spiro atoms. The van der Waals surface area contributed by atoms with Gasteiger partial charge in [-0.25, -0.2) is 0 Å². The molecule has 0 saturated heterocycles. The van der Waals surface area contributed by atoms with Gasteiger partial charge in [0, 0.05) is 0 Å². The van der Waals surface area contributed by atoms with E-state index in [0.717, 1.165) is 12.8 Å². The van der Waals surface area contributed by atoms with Crippen LogP contribution in [0.25, 0.3) is 0 Å². The Kier molecular flexibility index (Phi) is 4.40. The molecule has 0 aliphatic heterocycles. The van der Waals surface area contributed by atoms with Gasteiger partial charge in [-0.1, -0.05) is 36.5 Å². The number of hydrogen-bond donors (Lipinski definition) is 0. The van der Waals surface area contributed by atoms with Gasteiger partial charge in [-0.2, -0.15) is 0 Å². The second-order valence-corrected chi connectivity index (χ2v) is 3.50. The van der Waals surface area contributed by atoms with E-state index in [0.29, 0.717) is 22.4 Å². The molecule has 0 fully saturated rings. The quantitative estimate of drug-likeness (QED) is 0.694. The predicted octanol–water partition coefficient (Wildman–Crippen LogP) is 3.97. The highest BCUT2D eigenvalue weighted by Gasteiger charge is 2.05. The lowest BCUT2D eigenvalue weighted by Crippen LogP contribution is -1.97. The average molecular weight is 218 g/mol. The van der Waals surface area contributed by atoms with Gasteiger partial charge in [0.05, 0.1) is 16.7 Å². The number of hydrogen-bond acceptors (Lipinski definition) is 1. The molecule has 1 rings (SSSR count). The highest BCUT2D eigenvalue weighted by atomic mass is 35.5. The van der Waals surface area contributed by atoms with Gasteiger partial charge in [0.1, 0.15) is 0 Å². The molecule has 3 heteroatoms. The number of halogens is 2. The third-order valence-corrected chi connectivity index (χ3v) is 2.16. The van der Waals surface area contributed by atoms with Crippen LogP contribution in [-0.2, 0) is 0 Å². The van der Waals surface area contributed by atoms with Crippen molar-refractivity contribution in [1.29, 1.82) is 0 Å². The molecule has 0 bridgehead atoms. The Morgan fingerprint density at radius 1 is 1.31 bits per heavy atom. The second-order valence-electron chi connectivity index (χ2n) is 2.68. The van der Waals surface area contributed by atoms with E-state index in [1.165, 1.54) is 0 Å². The largest absolute Gasteiger partial charge is 0.490 e. The normalized spacial score (nSPS) is 10.1. The van der Waals surface area contributed by atoms with Crippen LogP contribution in [-0.4, -0.2) is 6.61 Å². The summed E-state index contributed by atoms with van der Waals surface area (Å²) >= 11 is 11.7. The minimum absolute atomic E-state index is 0.517. The van der Waals surface area contributed by atoms with Crippen molar-refractivity contribution in [3.63, 3.8) is 0 Å². The first kappa shape index (κ1) is 10.7. The van der Waals surface area contributed by atoms with E-state index in [1.807, 2.05) is 0 Å². The van der Waals surface area contributed by atoms with Gasteiger partial charge in [0.25, 0.3) is 0 Å². The highest BCUT2D eigenvalue weighted by molar-refractivity contribution is 6.37. The van der Waals surface area contributed by atoms with Crippen molar-refractivity contribution in [2.24, 2.45) is 0 Å². The van der Waals surface area contributed by atoms with Gasteiger partial charge < -0.3 is 4.74 Å². The van der Waals surface area contributed by atoms with Crippen LogP contribution in [0, 0.1) is 6.07 Å². The van der Waals surface area contributed by atoms with Crippen molar-refractivity contribution in [2.75, 3.05) is 6.61 Å². The monoisotopic (exact) mass is 217 g/mol. The molecule has 71 valence electrons. The van der Waals surface area contributed by atoms with Crippen LogP contribution >= 0.6 is 23.2 Å². The lowest BCUT2D eigenvalue weighted by Gasteiger charge is -2.08. The molecular weight excluding hydrogens is 207 g/mol. The van der Waals surface area contributed by atoms with E-state index in [2.05, 4.69) is 13.0 Å². The molecule has 0 aliphatic carbocycles. The van der Waals surface area contributed by atoms with Gasteiger partial charge >= 0.3 is 0 Å². The smallest absolute Gasteiger partial charge is 0.156 e. The number of unbranched alkanes of at least 4 members (excludes halogenated alkanes) is 1. The molecule has 0 atom stereocenters. The summed E-state index contributed by atoms with van der Waals surface area (Å²) in [5.41, 5.74) is 0. The van der Waals surface area contributed by atoms with Crippen molar-refractivity contribution < 1.29 is 4.74 Å². The molecule has 1 radical (unpaired) electrons. The number of benzene rings is 1. The third kappa shape index (κ3) is 3.09. The Balaban J connectivity index is 2.64. The Labute approximate surface area is 88.6 Å². The lowest BCUT2D eigenvalue weighted by atomic mass is 10.3. The summed E-state index contributed by atoms with van der Waals surface area (Å²) in [4.78, 5) is 0. The summed E-state index contributed by atoms with van der Waals surface area (Å²) in [6.45, 7) is 2.76. The average Bonchev–Trinajstić information content (AvgIpc) is 2.10. The van der Waals surface area contributed by atoms with Gasteiger partial charge in [-0.3, -0.25) is 0 Å². The van der Waals surface area contributed by atoms with Crippen molar-refractivity contribution in [2.45, 2.75) is 19.8 Å². The first-order valence-corrected chi connectivity index (χ1v) is 4.99. The Morgan fingerprint density at radius 2 is 1.92 bits per heavy atom. The van der Waals surface area contributed by atoms with Gasteiger partial charge in [-0.15, -0.1) is 0 Å². The fourth-order valence-electron chi connectivity index (χ4n) is 0.890. The van der Waals surface area contributed by atoms with Gasteiger partial charge in [-0.05, 0) is 24.6 Å². The molecule has 1 aromatic rings. The molecule has 1 nitrogen and oxygen atoms in total. The van der Waals surface area contributed by atoms with Crippen LogP contribution in [0.3, 0.4) is 0 Å². The fourth-order valence-corrected chi connectivity index (χ4v) is 1.38. The summed E-state index contributed by atoms with van der Waals surface area (Å²) in [6.07, 6.45) is 2.10. The van der Waals surface area contributed by atoms with E-state index in [1.54, 1.807) is 12.1 Å². The van der Waals surface area contributed by atoms with Crippen LogP contribution in [0.1, 0.15) is 19.8 Å². The molecule has 0 unspecified atom stereocenters. The Bertz CT molecular complexity index is 253. The van der Waals surface area contributed by atoms with Crippen LogP contribution < -0.4 is 4.74 Å². The van der Waals surface area contributed by atoms with Gasteiger partial charge in [0.2, 0.25) is 0 Å². The molecule has 0 amide bonds. The molecule has 0 saturated carbocycles. The maximum Gasteiger partial charge on any atom is 0.156 e. The molecular formula is C10H11Cl2O. The summed E-state index contributed by atoms with van der Waals surface area (Å²) in [5.74, 6) is 0.565. The molecule has 0 aromatic heterocycles. The van der Waals surface area contributed by atoms with Crippen molar-refractivity contribution in [3.05, 3.63) is 28.2 Å². The standard InChI is InChI=1S/C10H11Cl2O/c1-2-3-7-13-10-8(11)5-4-6-9(10)12/h5-6H,2-3,7H2,1H3. The number of rotatable bonds is 4. The molecule has 1 aromatic carbocycles. The predicted molar refractivity (Wildman–Crippen MR) is 55.7 cm³/mol. The summed E-state index contributed by atoms with van der Waals surface area (Å²) in [7, 11) is 0. The topological polar surface area (TPSA) is 9.23 Å². The van der Waals surface area contributed by atoms with Crippen LogP contribution in [0.5, 0.6) is 5.75 Å². The zero-order valence-electron chi connectivity index (χ0n) is 7.44. The first-order valence-electron chi connectivity index (χ1n) is 4.23. The van der Waals surface area contributed by atoms with Gasteiger partial charge in [0.15, 0.2) is 5.75 Å². The third-order valence-electron chi connectivity index (χ3n) is 1.60. The molecule has 13 heavy (non-hydrogen) atoms. The maximum atomic E-state index is 5.87. The van der Waals surface area contributed by atoms with E-state index >= 15 is 0 Å². The van der Waals surface area contributed by atoms with Crippen LogP contribution in [0.15, 0.2) is 12.1 Å². The fraction of sp³-hybridized carbons (Fsp3) is 0.400. The van der Waals surface area contributed by atoms with E-state index in [-0.39, 0.29) is 0 Å². The zero-order valence-corrected chi connectivity index (χ0v) is 8.95. The molecule has 0 heterocycles. The highest BCUT2D eigenvalue weighted by Crippen LogP contribution is 2.32. The summed E-state index contributed by atoms with van der Waals surface area (Å²) < 4.78 is 5.42. The van der Waals surface area contributed by atoms with Crippen LogP contribution in [0.4, 0.5) is 0 Å². The van der Waals surface area contributed by atoms with Crippen molar-refractivity contribution in [1.82, 2.24) is 0 Å². The molecule has 0 aliphatic rings. The lowest BCUT2D eigenvalue weighted by molar-refractivity contribution is 0.310. The minimum atomic E-state index is 0.517. The van der Waals surface area contributed by atoms with Crippen molar-refractivity contribution >= 4 is 23.2 Å². The van der Waals surface area contributed by atoms with Crippen molar-refractivity contribution in [3.8, 4) is 5.75 Å². The first-order chi connectivity index (χ1) is 6.25. The van der Waals surface area contributed by atoms with E-state index in [9.17, 15) is 0 Å². The SMILES string of the molecule is CCCCOc1c(Cl)c[c]cc1Cl. The minimum Gasteiger partial charge on any atom is -0.490 e. The molecule has 0 N–H and O–H groups in total. The zero-order chi connectivity index (χ0) is 9.68. The van der Waals surface area contributed by atoms with Crippen LogP contribution in [0.2, 0.25) is 10.0 Å². The Morgan fingerprint density at radius 3 is 2.46 bits per heavy atom. The summed E-state index contributed by atoms with van der Waals surface area (Å²) in [6, 6.07) is 6.11. The Hall–Kier alpha value is -0.400. The van der Waals surface area contributed by atoms with E-state index < -0.39 is 0 Å². The summed E-state index contributed by atoms with van der Waals surface area (Å²) in [5, 5.41) is 1.03. The number of ether oxygens (including phenoxy) is 1. The van der Waals surface area contributed by atoms with E-state index in [4.69, 9.17) is 27.9 Å². The second kappa shape index (κ2) is 5.36. The maximum absolute atomic E-state index is 5.87.